The first kappa shape index (κ1) is 13.8. The molecule has 0 aliphatic carbocycles. The van der Waals surface area contributed by atoms with E-state index in [1.165, 1.54) is 0 Å². The molecule has 0 radical (unpaired) electrons. The summed E-state index contributed by atoms with van der Waals surface area (Å²) < 4.78 is 7.42. The van der Waals surface area contributed by atoms with Crippen LogP contribution in [0.15, 0.2) is 30.6 Å². The van der Waals surface area contributed by atoms with Gasteiger partial charge in [-0.1, -0.05) is 6.07 Å². The van der Waals surface area contributed by atoms with Gasteiger partial charge >= 0.3 is 0 Å². The van der Waals surface area contributed by atoms with E-state index in [-0.39, 0.29) is 0 Å². The molecule has 0 bridgehead atoms. The molecule has 0 N–H and O–H groups in total. The molecule has 1 fully saturated rings. The van der Waals surface area contributed by atoms with Crippen LogP contribution in [0.1, 0.15) is 24.0 Å². The molecule has 2 heterocycles. The molecule has 2 aromatic rings. The van der Waals surface area contributed by atoms with Gasteiger partial charge in [0.05, 0.1) is 17.8 Å². The van der Waals surface area contributed by atoms with E-state index in [0.717, 1.165) is 49.3 Å². The van der Waals surface area contributed by atoms with Crippen molar-refractivity contribution in [3.63, 3.8) is 0 Å². The van der Waals surface area contributed by atoms with Crippen molar-refractivity contribution in [3.05, 3.63) is 41.7 Å². The summed E-state index contributed by atoms with van der Waals surface area (Å²) in [6.07, 6.45) is 6.24. The van der Waals surface area contributed by atoms with Crippen LogP contribution >= 0.6 is 0 Å². The predicted molar refractivity (Wildman–Crippen MR) is 80.7 cm³/mol. The molecular weight excluding hydrogens is 262 g/mol. The molecule has 21 heavy (non-hydrogen) atoms. The fourth-order valence-electron chi connectivity index (χ4n) is 2.85. The Morgan fingerprint density at radius 2 is 2.19 bits per heavy atom. The smallest absolute Gasteiger partial charge is 0.0991 e. The molecule has 1 saturated heterocycles. The number of nitrogens with zero attached hydrogens (tertiary/aromatic N) is 3. The minimum absolute atomic E-state index is 0.661. The Kier molecular flexibility index (Phi) is 4.03. The Balaban J connectivity index is 1.76. The van der Waals surface area contributed by atoms with Crippen molar-refractivity contribution >= 4 is 0 Å². The van der Waals surface area contributed by atoms with Gasteiger partial charge < -0.3 is 4.74 Å². The number of nitriles is 1. The fourth-order valence-corrected chi connectivity index (χ4v) is 2.85. The van der Waals surface area contributed by atoms with E-state index in [4.69, 9.17) is 10.00 Å². The first-order chi connectivity index (χ1) is 10.3. The number of aromatic nitrogens is 2. The summed E-state index contributed by atoms with van der Waals surface area (Å²) in [5.74, 6) is 0.661. The zero-order valence-electron chi connectivity index (χ0n) is 12.2. The van der Waals surface area contributed by atoms with Gasteiger partial charge in [-0.15, -0.1) is 0 Å². The van der Waals surface area contributed by atoms with Crippen LogP contribution in [0.2, 0.25) is 0 Å². The molecule has 1 aliphatic heterocycles. The maximum Gasteiger partial charge on any atom is 0.0991 e. The van der Waals surface area contributed by atoms with E-state index in [1.807, 2.05) is 36.0 Å². The lowest BCUT2D eigenvalue weighted by molar-refractivity contribution is 0.0601. The molecule has 1 aromatic heterocycles. The second kappa shape index (κ2) is 6.11. The van der Waals surface area contributed by atoms with Crippen LogP contribution in [0, 0.1) is 24.2 Å². The van der Waals surface area contributed by atoms with Gasteiger partial charge in [-0.25, -0.2) is 0 Å². The highest BCUT2D eigenvalue weighted by Crippen LogP contribution is 2.24. The first-order valence-electron chi connectivity index (χ1n) is 7.37. The van der Waals surface area contributed by atoms with Gasteiger partial charge in [0.1, 0.15) is 0 Å². The molecule has 4 nitrogen and oxygen atoms in total. The zero-order chi connectivity index (χ0) is 14.7. The van der Waals surface area contributed by atoms with Crippen molar-refractivity contribution in [2.45, 2.75) is 26.3 Å². The van der Waals surface area contributed by atoms with Gasteiger partial charge in [0.25, 0.3) is 0 Å². The molecule has 108 valence electrons. The molecule has 0 atom stereocenters. The van der Waals surface area contributed by atoms with E-state index in [9.17, 15) is 0 Å². The molecule has 4 heteroatoms. The number of benzene rings is 1. The predicted octanol–water partition coefficient (Wildman–Crippen LogP) is 3.16. The standard InChI is InChI=1S/C17H19N3O/c1-13-8-15(9-18)2-3-17(13)16-10-19-20(12-16)11-14-4-6-21-7-5-14/h2-3,8,10,12,14H,4-7,11H2,1H3. The van der Waals surface area contributed by atoms with Crippen LogP contribution in [-0.2, 0) is 11.3 Å². The van der Waals surface area contributed by atoms with E-state index in [2.05, 4.69) is 17.4 Å². The molecule has 1 aliphatic rings. The summed E-state index contributed by atoms with van der Waals surface area (Å²) >= 11 is 0. The van der Waals surface area contributed by atoms with Gasteiger partial charge in [-0.3, -0.25) is 4.68 Å². The SMILES string of the molecule is Cc1cc(C#N)ccc1-c1cnn(CC2CCOCC2)c1. The summed E-state index contributed by atoms with van der Waals surface area (Å²) in [6.45, 7) is 4.73. The van der Waals surface area contributed by atoms with Crippen LogP contribution in [0.4, 0.5) is 0 Å². The quantitative estimate of drug-likeness (QED) is 0.868. The highest BCUT2D eigenvalue weighted by Gasteiger charge is 2.15. The zero-order valence-corrected chi connectivity index (χ0v) is 12.2. The average molecular weight is 281 g/mol. The highest BCUT2D eigenvalue weighted by atomic mass is 16.5. The lowest BCUT2D eigenvalue weighted by Crippen LogP contribution is -2.20. The Hall–Kier alpha value is -2.12. The summed E-state index contributed by atoms with van der Waals surface area (Å²) in [7, 11) is 0. The van der Waals surface area contributed by atoms with Crippen LogP contribution in [0.25, 0.3) is 11.1 Å². The van der Waals surface area contributed by atoms with Gasteiger partial charge in [0.15, 0.2) is 0 Å². The molecular formula is C17H19N3O. The Morgan fingerprint density at radius 3 is 2.90 bits per heavy atom. The van der Waals surface area contributed by atoms with E-state index < -0.39 is 0 Å². The van der Waals surface area contributed by atoms with Crippen molar-refractivity contribution < 1.29 is 4.74 Å². The highest BCUT2D eigenvalue weighted by molar-refractivity contribution is 5.66. The first-order valence-corrected chi connectivity index (χ1v) is 7.37. The second-order valence-electron chi connectivity index (χ2n) is 5.65. The third-order valence-electron chi connectivity index (χ3n) is 4.09. The van der Waals surface area contributed by atoms with E-state index in [1.54, 1.807) is 0 Å². The van der Waals surface area contributed by atoms with Crippen molar-refractivity contribution in [1.29, 1.82) is 5.26 Å². The van der Waals surface area contributed by atoms with Crippen LogP contribution in [0.3, 0.4) is 0 Å². The van der Waals surface area contributed by atoms with E-state index in [0.29, 0.717) is 11.5 Å². The lowest BCUT2D eigenvalue weighted by Gasteiger charge is -2.21. The number of aryl methyl sites for hydroxylation is 1. The molecule has 0 amide bonds. The number of hydrogen-bond acceptors (Lipinski definition) is 3. The topological polar surface area (TPSA) is 50.8 Å². The van der Waals surface area contributed by atoms with Crippen molar-refractivity contribution in [1.82, 2.24) is 9.78 Å². The Labute approximate surface area is 125 Å². The summed E-state index contributed by atoms with van der Waals surface area (Å²) in [6, 6.07) is 7.96. The summed E-state index contributed by atoms with van der Waals surface area (Å²) in [5, 5.41) is 13.4. The second-order valence-corrected chi connectivity index (χ2v) is 5.65. The third kappa shape index (κ3) is 3.14. The molecule has 1 aromatic carbocycles. The maximum atomic E-state index is 8.93. The van der Waals surface area contributed by atoms with E-state index >= 15 is 0 Å². The average Bonchev–Trinajstić information content (AvgIpc) is 2.96. The van der Waals surface area contributed by atoms with Crippen molar-refractivity contribution in [2.24, 2.45) is 5.92 Å². The number of ether oxygens (including phenoxy) is 1. The number of hydrogen-bond donors (Lipinski definition) is 0. The Bertz CT molecular complexity index is 663. The normalized spacial score (nSPS) is 15.8. The minimum atomic E-state index is 0.661. The van der Waals surface area contributed by atoms with Crippen LogP contribution in [0.5, 0.6) is 0 Å². The minimum Gasteiger partial charge on any atom is -0.381 e. The lowest BCUT2D eigenvalue weighted by atomic mass is 10.0. The summed E-state index contributed by atoms with van der Waals surface area (Å²) in [4.78, 5) is 0. The fraction of sp³-hybridized carbons (Fsp3) is 0.412. The third-order valence-corrected chi connectivity index (χ3v) is 4.09. The van der Waals surface area contributed by atoms with Gasteiger partial charge in [-0.05, 0) is 48.9 Å². The summed E-state index contributed by atoms with van der Waals surface area (Å²) in [5.41, 5.74) is 4.07. The Morgan fingerprint density at radius 1 is 1.38 bits per heavy atom. The van der Waals surface area contributed by atoms with Gasteiger partial charge in [0, 0.05) is 31.5 Å². The van der Waals surface area contributed by atoms with Crippen molar-refractivity contribution in [3.8, 4) is 17.2 Å². The van der Waals surface area contributed by atoms with Gasteiger partial charge in [0.2, 0.25) is 0 Å². The van der Waals surface area contributed by atoms with Crippen LogP contribution in [-0.4, -0.2) is 23.0 Å². The maximum absolute atomic E-state index is 8.93. The number of rotatable bonds is 3. The molecule has 0 unspecified atom stereocenters. The largest absolute Gasteiger partial charge is 0.381 e. The molecule has 3 rings (SSSR count). The van der Waals surface area contributed by atoms with Gasteiger partial charge in [-0.2, -0.15) is 10.4 Å². The van der Waals surface area contributed by atoms with Crippen molar-refractivity contribution in [2.75, 3.05) is 13.2 Å². The molecule has 0 spiro atoms. The molecule has 0 saturated carbocycles. The monoisotopic (exact) mass is 281 g/mol. The van der Waals surface area contributed by atoms with Crippen LogP contribution < -0.4 is 0 Å².